The molecule has 7 nitrogen and oxygen atoms in total. The SMILES string of the molecule is CS(=O)(=O)Cc1ccc(-c2nc(-c3ccc4c(c3)OCO4)no2)cc1. The summed E-state index contributed by atoms with van der Waals surface area (Å²) in [4.78, 5) is 4.39. The lowest BCUT2D eigenvalue weighted by molar-refractivity contribution is 0.174. The van der Waals surface area contributed by atoms with Crippen LogP contribution in [0.5, 0.6) is 11.5 Å². The smallest absolute Gasteiger partial charge is 0.258 e. The molecule has 0 atom stereocenters. The molecule has 0 saturated heterocycles. The van der Waals surface area contributed by atoms with Crippen LogP contribution in [-0.4, -0.2) is 31.6 Å². The number of benzene rings is 2. The maximum absolute atomic E-state index is 11.3. The average molecular weight is 358 g/mol. The van der Waals surface area contributed by atoms with Crippen molar-refractivity contribution >= 4 is 9.84 Å². The van der Waals surface area contributed by atoms with E-state index in [0.29, 0.717) is 28.8 Å². The molecule has 0 radical (unpaired) electrons. The number of hydrogen-bond donors (Lipinski definition) is 0. The lowest BCUT2D eigenvalue weighted by Crippen LogP contribution is -2.00. The van der Waals surface area contributed by atoms with Crippen molar-refractivity contribution in [3.63, 3.8) is 0 Å². The fraction of sp³-hybridized carbons (Fsp3) is 0.176. The Morgan fingerprint density at radius 2 is 1.72 bits per heavy atom. The van der Waals surface area contributed by atoms with Gasteiger partial charge in [0.25, 0.3) is 5.89 Å². The Labute approximate surface area is 144 Å². The minimum Gasteiger partial charge on any atom is -0.454 e. The molecule has 0 amide bonds. The highest BCUT2D eigenvalue weighted by molar-refractivity contribution is 7.89. The van der Waals surface area contributed by atoms with E-state index in [-0.39, 0.29) is 12.5 Å². The van der Waals surface area contributed by atoms with Gasteiger partial charge in [-0.3, -0.25) is 0 Å². The first kappa shape index (κ1) is 15.6. The third-order valence-electron chi connectivity index (χ3n) is 3.69. The molecule has 8 heteroatoms. The van der Waals surface area contributed by atoms with Crippen molar-refractivity contribution < 1.29 is 22.4 Å². The van der Waals surface area contributed by atoms with Gasteiger partial charge in [-0.25, -0.2) is 8.42 Å². The first-order chi connectivity index (χ1) is 12.0. The van der Waals surface area contributed by atoms with Crippen LogP contribution in [0.2, 0.25) is 0 Å². The van der Waals surface area contributed by atoms with Gasteiger partial charge >= 0.3 is 0 Å². The molecule has 0 saturated carbocycles. The van der Waals surface area contributed by atoms with Crippen molar-refractivity contribution in [3.8, 4) is 34.3 Å². The molecular formula is C17H14N2O5S. The molecule has 2 heterocycles. The summed E-state index contributed by atoms with van der Waals surface area (Å²) < 4.78 is 38.6. The van der Waals surface area contributed by atoms with Gasteiger partial charge in [0.15, 0.2) is 21.3 Å². The lowest BCUT2D eigenvalue weighted by atomic mass is 10.1. The third-order valence-corrected chi connectivity index (χ3v) is 4.54. The molecule has 4 rings (SSSR count). The predicted molar refractivity (Wildman–Crippen MR) is 89.8 cm³/mol. The summed E-state index contributed by atoms with van der Waals surface area (Å²) in [6.45, 7) is 0.204. The van der Waals surface area contributed by atoms with Crippen LogP contribution < -0.4 is 9.47 Å². The van der Waals surface area contributed by atoms with Gasteiger partial charge in [-0.05, 0) is 35.9 Å². The van der Waals surface area contributed by atoms with E-state index in [2.05, 4.69) is 10.1 Å². The highest BCUT2D eigenvalue weighted by Gasteiger charge is 2.17. The first-order valence-electron chi connectivity index (χ1n) is 7.49. The summed E-state index contributed by atoms with van der Waals surface area (Å²) in [5.41, 5.74) is 2.19. The highest BCUT2D eigenvalue weighted by Crippen LogP contribution is 2.35. The van der Waals surface area contributed by atoms with Gasteiger partial charge in [0, 0.05) is 17.4 Å². The Morgan fingerprint density at radius 1 is 1.00 bits per heavy atom. The Morgan fingerprint density at radius 3 is 2.48 bits per heavy atom. The first-order valence-corrected chi connectivity index (χ1v) is 9.55. The minimum absolute atomic E-state index is 0.000437. The van der Waals surface area contributed by atoms with E-state index in [1.165, 1.54) is 6.26 Å². The molecule has 0 N–H and O–H groups in total. The molecule has 0 fully saturated rings. The second-order valence-corrected chi connectivity index (χ2v) is 7.90. The number of sulfone groups is 1. The second-order valence-electron chi connectivity index (χ2n) is 5.76. The summed E-state index contributed by atoms with van der Waals surface area (Å²) in [5, 5.41) is 3.99. The van der Waals surface area contributed by atoms with Gasteiger partial charge in [-0.15, -0.1) is 0 Å². The quantitative estimate of drug-likeness (QED) is 0.708. The van der Waals surface area contributed by atoms with Gasteiger partial charge < -0.3 is 14.0 Å². The van der Waals surface area contributed by atoms with E-state index in [0.717, 1.165) is 11.1 Å². The van der Waals surface area contributed by atoms with Gasteiger partial charge in [-0.2, -0.15) is 4.98 Å². The van der Waals surface area contributed by atoms with Crippen LogP contribution >= 0.6 is 0 Å². The number of nitrogens with zero attached hydrogens (tertiary/aromatic N) is 2. The molecule has 0 aliphatic carbocycles. The highest BCUT2D eigenvalue weighted by atomic mass is 32.2. The molecule has 1 aliphatic heterocycles. The van der Waals surface area contributed by atoms with Crippen molar-refractivity contribution in [1.82, 2.24) is 10.1 Å². The Hall–Kier alpha value is -2.87. The molecule has 0 unspecified atom stereocenters. The zero-order chi connectivity index (χ0) is 17.4. The molecule has 0 spiro atoms. The van der Waals surface area contributed by atoms with E-state index >= 15 is 0 Å². The number of fused-ring (bicyclic) bond motifs is 1. The molecular weight excluding hydrogens is 344 g/mol. The number of hydrogen-bond acceptors (Lipinski definition) is 7. The Kier molecular flexibility index (Phi) is 3.69. The standard InChI is InChI=1S/C17H14N2O5S/c1-25(20,21)9-11-2-4-12(5-3-11)17-18-16(19-24-17)13-6-7-14-15(8-13)23-10-22-14/h2-8H,9-10H2,1H3. The molecule has 2 aromatic carbocycles. The fourth-order valence-corrected chi connectivity index (χ4v) is 3.34. The van der Waals surface area contributed by atoms with Crippen LogP contribution in [-0.2, 0) is 15.6 Å². The maximum Gasteiger partial charge on any atom is 0.258 e. The minimum atomic E-state index is -3.07. The molecule has 25 heavy (non-hydrogen) atoms. The summed E-state index contributed by atoms with van der Waals surface area (Å²) in [5.74, 6) is 2.13. The van der Waals surface area contributed by atoms with Crippen LogP contribution in [0.1, 0.15) is 5.56 Å². The van der Waals surface area contributed by atoms with Crippen LogP contribution in [0, 0.1) is 0 Å². The van der Waals surface area contributed by atoms with Crippen molar-refractivity contribution in [3.05, 3.63) is 48.0 Å². The topological polar surface area (TPSA) is 91.5 Å². The van der Waals surface area contributed by atoms with Crippen LogP contribution in [0.3, 0.4) is 0 Å². The van der Waals surface area contributed by atoms with E-state index in [4.69, 9.17) is 14.0 Å². The Balaban J connectivity index is 1.59. The number of ether oxygens (including phenoxy) is 2. The van der Waals surface area contributed by atoms with E-state index in [9.17, 15) is 8.42 Å². The van der Waals surface area contributed by atoms with E-state index < -0.39 is 9.84 Å². The fourth-order valence-electron chi connectivity index (χ4n) is 2.54. The number of aromatic nitrogens is 2. The monoisotopic (exact) mass is 358 g/mol. The van der Waals surface area contributed by atoms with Crippen LogP contribution in [0.4, 0.5) is 0 Å². The van der Waals surface area contributed by atoms with Crippen LogP contribution in [0.25, 0.3) is 22.8 Å². The zero-order valence-corrected chi connectivity index (χ0v) is 14.1. The van der Waals surface area contributed by atoms with Gasteiger partial charge in [0.2, 0.25) is 12.6 Å². The van der Waals surface area contributed by atoms with E-state index in [1.54, 1.807) is 36.4 Å². The van der Waals surface area contributed by atoms with Crippen molar-refractivity contribution in [2.24, 2.45) is 0 Å². The van der Waals surface area contributed by atoms with Crippen LogP contribution in [0.15, 0.2) is 47.0 Å². The average Bonchev–Trinajstić information content (AvgIpc) is 3.22. The summed E-state index contributed by atoms with van der Waals surface area (Å²) in [6, 6.07) is 12.4. The summed E-state index contributed by atoms with van der Waals surface area (Å²) in [6.07, 6.45) is 1.20. The summed E-state index contributed by atoms with van der Waals surface area (Å²) >= 11 is 0. The lowest BCUT2D eigenvalue weighted by Gasteiger charge is -2.00. The largest absolute Gasteiger partial charge is 0.454 e. The zero-order valence-electron chi connectivity index (χ0n) is 13.3. The molecule has 3 aromatic rings. The van der Waals surface area contributed by atoms with Crippen molar-refractivity contribution in [2.45, 2.75) is 5.75 Å². The predicted octanol–water partition coefficient (Wildman–Crippen LogP) is 2.68. The molecule has 1 aliphatic rings. The molecule has 0 bridgehead atoms. The maximum atomic E-state index is 11.3. The van der Waals surface area contributed by atoms with Gasteiger partial charge in [0.1, 0.15) is 0 Å². The molecule has 1 aromatic heterocycles. The van der Waals surface area contributed by atoms with Crippen molar-refractivity contribution in [1.29, 1.82) is 0 Å². The molecule has 128 valence electrons. The van der Waals surface area contributed by atoms with Gasteiger partial charge in [-0.1, -0.05) is 17.3 Å². The van der Waals surface area contributed by atoms with E-state index in [1.807, 2.05) is 6.07 Å². The number of rotatable bonds is 4. The third kappa shape index (κ3) is 3.34. The van der Waals surface area contributed by atoms with Crippen molar-refractivity contribution in [2.75, 3.05) is 13.0 Å². The normalized spacial score (nSPS) is 13.2. The Bertz CT molecular complexity index is 1030. The van der Waals surface area contributed by atoms with Gasteiger partial charge in [0.05, 0.1) is 5.75 Å². The summed E-state index contributed by atoms with van der Waals surface area (Å²) in [7, 11) is -3.07. The second kappa shape index (κ2) is 5.89.